The third-order valence-corrected chi connectivity index (χ3v) is 7.31. The maximum absolute atomic E-state index is 14.1. The maximum atomic E-state index is 14.1. The lowest BCUT2D eigenvalue weighted by atomic mass is 10.0. The Morgan fingerprint density at radius 1 is 1.02 bits per heavy atom. The Kier molecular flexibility index (Phi) is 9.16. The Hall–Kier alpha value is -3.83. The first kappa shape index (κ1) is 29.2. The number of thiocarbonyl (C=S) groups is 1. The standard InChI is InChI=1S/C29H24F3NO5S2/c1-18(20-8-4-2-5-9-20)17-37-22-13-12-19(15-24-27(36)33(16-25(34)35)28(39)40-24)14-23(22)38-26(29(30,31)32)21-10-6-3-7-11-21/h2-15,18,26H,16-17H2,1H3,(H,34,35). The van der Waals surface area contributed by atoms with Gasteiger partial charge < -0.3 is 14.6 Å². The number of alkyl halides is 3. The van der Waals surface area contributed by atoms with Gasteiger partial charge in [-0.05, 0) is 29.3 Å². The molecule has 0 spiro atoms. The van der Waals surface area contributed by atoms with Crippen LogP contribution in [0.15, 0.2) is 83.8 Å². The molecule has 1 heterocycles. The van der Waals surface area contributed by atoms with Crippen molar-refractivity contribution >= 4 is 46.3 Å². The van der Waals surface area contributed by atoms with E-state index in [1.54, 1.807) is 12.1 Å². The molecule has 0 saturated carbocycles. The van der Waals surface area contributed by atoms with E-state index in [9.17, 15) is 22.8 Å². The second-order valence-electron chi connectivity index (χ2n) is 8.94. The summed E-state index contributed by atoms with van der Waals surface area (Å²) < 4.78 is 54.0. The van der Waals surface area contributed by atoms with E-state index in [0.717, 1.165) is 22.2 Å². The van der Waals surface area contributed by atoms with E-state index in [2.05, 4.69) is 0 Å². The van der Waals surface area contributed by atoms with Crippen LogP contribution in [0, 0.1) is 0 Å². The average Bonchev–Trinajstić information content (AvgIpc) is 3.18. The molecule has 1 aliphatic heterocycles. The molecule has 11 heteroatoms. The highest BCUT2D eigenvalue weighted by Crippen LogP contribution is 2.41. The van der Waals surface area contributed by atoms with Crippen molar-refractivity contribution in [2.24, 2.45) is 0 Å². The first-order valence-electron chi connectivity index (χ1n) is 12.1. The van der Waals surface area contributed by atoms with Crippen molar-refractivity contribution in [1.29, 1.82) is 0 Å². The molecule has 1 saturated heterocycles. The number of amides is 1. The van der Waals surface area contributed by atoms with Crippen molar-refractivity contribution in [3.63, 3.8) is 0 Å². The molecule has 208 valence electrons. The molecule has 3 aromatic carbocycles. The molecular formula is C29H24F3NO5S2. The lowest BCUT2D eigenvalue weighted by Gasteiger charge is -2.24. The summed E-state index contributed by atoms with van der Waals surface area (Å²) in [5, 5.41) is 9.05. The molecule has 4 rings (SSSR count). The van der Waals surface area contributed by atoms with Crippen LogP contribution < -0.4 is 9.47 Å². The normalized spacial score (nSPS) is 16.2. The fourth-order valence-corrected chi connectivity index (χ4v) is 5.18. The van der Waals surface area contributed by atoms with E-state index in [1.807, 2.05) is 37.3 Å². The number of nitrogens with zero attached hydrogens (tertiary/aromatic N) is 1. The maximum Gasteiger partial charge on any atom is 0.429 e. The fourth-order valence-electron chi connectivity index (χ4n) is 3.92. The Labute approximate surface area is 238 Å². The molecule has 6 nitrogen and oxygen atoms in total. The quantitative estimate of drug-likeness (QED) is 0.206. The van der Waals surface area contributed by atoms with Crippen molar-refractivity contribution in [2.45, 2.75) is 25.1 Å². The van der Waals surface area contributed by atoms with Crippen molar-refractivity contribution in [2.75, 3.05) is 13.2 Å². The van der Waals surface area contributed by atoms with Crippen LogP contribution in [0.1, 0.15) is 35.6 Å². The Morgan fingerprint density at radius 3 is 2.25 bits per heavy atom. The first-order chi connectivity index (χ1) is 19.0. The predicted octanol–water partition coefficient (Wildman–Crippen LogP) is 6.84. The number of carboxylic acid groups (broad SMARTS) is 1. The molecule has 0 aromatic heterocycles. The van der Waals surface area contributed by atoms with Crippen molar-refractivity contribution in [3.8, 4) is 11.5 Å². The summed E-state index contributed by atoms with van der Waals surface area (Å²) in [7, 11) is 0. The van der Waals surface area contributed by atoms with Gasteiger partial charge in [0.15, 0.2) is 11.5 Å². The van der Waals surface area contributed by atoms with Crippen LogP contribution in [0.5, 0.6) is 11.5 Å². The summed E-state index contributed by atoms with van der Waals surface area (Å²) in [6.07, 6.45) is -5.58. The third-order valence-electron chi connectivity index (χ3n) is 5.93. The number of halogens is 3. The van der Waals surface area contributed by atoms with Gasteiger partial charge in [0.05, 0.1) is 11.5 Å². The highest BCUT2D eigenvalue weighted by molar-refractivity contribution is 8.26. The SMILES string of the molecule is CC(COc1ccc(C=C2SC(=S)N(CC(=O)O)C2=O)cc1OC(c1ccccc1)C(F)(F)F)c1ccccc1. The van der Waals surface area contributed by atoms with E-state index in [1.165, 1.54) is 42.5 Å². The number of carbonyl (C=O) groups is 2. The average molecular weight is 588 g/mol. The molecule has 2 unspecified atom stereocenters. The zero-order valence-electron chi connectivity index (χ0n) is 21.1. The van der Waals surface area contributed by atoms with Gasteiger partial charge in [-0.15, -0.1) is 0 Å². The van der Waals surface area contributed by atoms with Crippen LogP contribution in [-0.2, 0) is 9.59 Å². The number of ether oxygens (including phenoxy) is 2. The first-order valence-corrected chi connectivity index (χ1v) is 13.3. The van der Waals surface area contributed by atoms with Crippen LogP contribution in [0.3, 0.4) is 0 Å². The highest BCUT2D eigenvalue weighted by atomic mass is 32.2. The Bertz CT molecular complexity index is 1410. The summed E-state index contributed by atoms with van der Waals surface area (Å²) in [5.74, 6) is -1.95. The molecule has 0 aliphatic carbocycles. The molecule has 40 heavy (non-hydrogen) atoms. The summed E-state index contributed by atoms with van der Waals surface area (Å²) in [6, 6.07) is 21.2. The number of carboxylic acids is 1. The van der Waals surface area contributed by atoms with Gasteiger partial charge in [0.25, 0.3) is 5.91 Å². The molecule has 1 N–H and O–H groups in total. The zero-order valence-corrected chi connectivity index (χ0v) is 22.8. The van der Waals surface area contributed by atoms with Gasteiger partial charge in [-0.2, -0.15) is 13.2 Å². The third kappa shape index (κ3) is 7.22. The van der Waals surface area contributed by atoms with Gasteiger partial charge in [-0.25, -0.2) is 0 Å². The molecule has 1 aliphatic rings. The van der Waals surface area contributed by atoms with Gasteiger partial charge in [-0.1, -0.05) is 97.6 Å². The van der Waals surface area contributed by atoms with Gasteiger partial charge in [0.1, 0.15) is 10.9 Å². The van der Waals surface area contributed by atoms with E-state index >= 15 is 0 Å². The molecule has 0 bridgehead atoms. The lowest BCUT2D eigenvalue weighted by Crippen LogP contribution is -2.33. The number of hydrogen-bond donors (Lipinski definition) is 1. The number of hydrogen-bond acceptors (Lipinski definition) is 6. The molecule has 1 fully saturated rings. The predicted molar refractivity (Wildman–Crippen MR) is 150 cm³/mol. The van der Waals surface area contributed by atoms with Crippen LogP contribution in [0.2, 0.25) is 0 Å². The van der Waals surface area contributed by atoms with Gasteiger partial charge in [0, 0.05) is 11.5 Å². The van der Waals surface area contributed by atoms with Crippen LogP contribution >= 0.6 is 24.0 Å². The van der Waals surface area contributed by atoms with Crippen LogP contribution in [0.25, 0.3) is 6.08 Å². The molecule has 0 radical (unpaired) electrons. The second-order valence-corrected chi connectivity index (χ2v) is 10.6. The van der Waals surface area contributed by atoms with Crippen LogP contribution in [0.4, 0.5) is 13.2 Å². The molecule has 2 atom stereocenters. The van der Waals surface area contributed by atoms with Gasteiger partial charge in [0.2, 0.25) is 6.10 Å². The number of aliphatic carboxylic acids is 1. The zero-order chi connectivity index (χ0) is 28.9. The lowest BCUT2D eigenvalue weighted by molar-refractivity contribution is -0.198. The monoisotopic (exact) mass is 587 g/mol. The minimum Gasteiger partial charge on any atom is -0.489 e. The Balaban J connectivity index is 1.67. The van der Waals surface area contributed by atoms with E-state index < -0.39 is 30.7 Å². The summed E-state index contributed by atoms with van der Waals surface area (Å²) in [4.78, 5) is 24.9. The second kappa shape index (κ2) is 12.6. The van der Waals surface area contributed by atoms with Crippen molar-refractivity contribution in [1.82, 2.24) is 4.90 Å². The van der Waals surface area contributed by atoms with E-state index in [0.29, 0.717) is 5.56 Å². The molecule has 3 aromatic rings. The van der Waals surface area contributed by atoms with Crippen LogP contribution in [-0.4, -0.2) is 45.5 Å². The van der Waals surface area contributed by atoms with E-state index in [4.69, 9.17) is 26.8 Å². The summed E-state index contributed by atoms with van der Waals surface area (Å²) in [6.45, 7) is 1.52. The van der Waals surface area contributed by atoms with Crippen molar-refractivity contribution in [3.05, 3.63) is 100 Å². The number of benzene rings is 3. The Morgan fingerprint density at radius 2 is 1.65 bits per heavy atom. The number of thioether (sulfide) groups is 1. The summed E-state index contributed by atoms with van der Waals surface area (Å²) >= 11 is 6.03. The minimum atomic E-state index is -4.73. The van der Waals surface area contributed by atoms with Crippen molar-refractivity contribution < 1.29 is 37.3 Å². The summed E-state index contributed by atoms with van der Waals surface area (Å²) in [5.41, 5.74) is 1.27. The number of carbonyl (C=O) groups excluding carboxylic acids is 1. The highest BCUT2D eigenvalue weighted by Gasteiger charge is 2.43. The topological polar surface area (TPSA) is 76.1 Å². The van der Waals surface area contributed by atoms with E-state index in [-0.39, 0.29) is 38.8 Å². The number of rotatable bonds is 10. The molecule has 1 amide bonds. The molecular weight excluding hydrogens is 563 g/mol. The largest absolute Gasteiger partial charge is 0.489 e. The smallest absolute Gasteiger partial charge is 0.429 e. The van der Waals surface area contributed by atoms with Gasteiger partial charge >= 0.3 is 12.1 Å². The minimum absolute atomic E-state index is 0.0582. The fraction of sp³-hybridized carbons (Fsp3) is 0.207. The van der Waals surface area contributed by atoms with Gasteiger partial charge in [-0.3, -0.25) is 14.5 Å².